The largest absolute Gasteiger partial charge is 0.379 e. The third kappa shape index (κ3) is 4.06. The monoisotopic (exact) mass is 442 g/mol. The van der Waals surface area contributed by atoms with Crippen LogP contribution in [-0.4, -0.2) is 69.8 Å². The highest BCUT2D eigenvalue weighted by atomic mass is 32.1. The van der Waals surface area contributed by atoms with Gasteiger partial charge in [0.15, 0.2) is 5.65 Å². The fraction of sp³-hybridized carbons (Fsp3) is 0.636. The maximum absolute atomic E-state index is 12.7. The number of amides is 1. The number of carbonyl (C=O) groups is 1. The molecule has 0 spiro atoms. The minimum atomic E-state index is -0.234. The molecule has 1 amide bonds. The van der Waals surface area contributed by atoms with E-state index in [-0.39, 0.29) is 11.7 Å². The first kappa shape index (κ1) is 20.8. The van der Waals surface area contributed by atoms with Crippen LogP contribution in [0, 0.1) is 11.3 Å². The summed E-state index contributed by atoms with van der Waals surface area (Å²) in [6.45, 7) is 11.7. The van der Waals surface area contributed by atoms with Gasteiger partial charge in [0.25, 0.3) is 5.91 Å². The van der Waals surface area contributed by atoms with Gasteiger partial charge >= 0.3 is 0 Å². The lowest BCUT2D eigenvalue weighted by Gasteiger charge is -2.33. The number of nitrogens with zero attached hydrogens (tertiary/aromatic N) is 5. The molecular weight excluding hydrogens is 412 g/mol. The number of rotatable bonds is 4. The smallest absolute Gasteiger partial charge is 0.291 e. The van der Waals surface area contributed by atoms with Crippen molar-refractivity contribution in [2.24, 2.45) is 11.3 Å². The number of carbonyl (C=O) groups excluding carboxylic acids is 1. The van der Waals surface area contributed by atoms with E-state index in [1.54, 1.807) is 22.2 Å². The van der Waals surface area contributed by atoms with E-state index in [9.17, 15) is 4.79 Å². The van der Waals surface area contributed by atoms with Crippen LogP contribution in [0.1, 0.15) is 48.3 Å². The molecule has 166 valence electrons. The van der Waals surface area contributed by atoms with Gasteiger partial charge in [0.1, 0.15) is 11.2 Å². The first-order valence-electron chi connectivity index (χ1n) is 11.1. The van der Waals surface area contributed by atoms with Crippen molar-refractivity contribution in [2.75, 3.05) is 39.4 Å². The van der Waals surface area contributed by atoms with E-state index in [0.717, 1.165) is 61.6 Å². The summed E-state index contributed by atoms with van der Waals surface area (Å²) in [6.07, 6.45) is 4.98. The summed E-state index contributed by atoms with van der Waals surface area (Å²) >= 11 is 1.77. The van der Waals surface area contributed by atoms with Crippen molar-refractivity contribution in [1.29, 1.82) is 0 Å². The number of aryl methyl sites for hydroxylation is 1. The second kappa shape index (κ2) is 8.11. The Morgan fingerprint density at radius 1 is 1.32 bits per heavy atom. The molecule has 2 aliphatic rings. The Bertz CT molecular complexity index is 1110. The third-order valence-electron chi connectivity index (χ3n) is 6.63. The van der Waals surface area contributed by atoms with Gasteiger partial charge < -0.3 is 10.1 Å². The van der Waals surface area contributed by atoms with Crippen LogP contribution in [-0.2, 0) is 17.6 Å². The second-order valence-electron chi connectivity index (χ2n) is 9.65. The van der Waals surface area contributed by atoms with E-state index in [0.29, 0.717) is 17.9 Å². The van der Waals surface area contributed by atoms with E-state index >= 15 is 0 Å². The van der Waals surface area contributed by atoms with E-state index in [4.69, 9.17) is 4.74 Å². The summed E-state index contributed by atoms with van der Waals surface area (Å²) in [5.41, 5.74) is 2.40. The number of ether oxygens (including phenoxy) is 1. The Hall–Kier alpha value is -2.10. The van der Waals surface area contributed by atoms with Gasteiger partial charge in [0.05, 0.1) is 18.6 Å². The van der Waals surface area contributed by atoms with Crippen molar-refractivity contribution in [3.05, 3.63) is 22.6 Å². The van der Waals surface area contributed by atoms with E-state index in [1.807, 2.05) is 0 Å². The SMILES string of the molecule is CC(C)(C)[C@@H]1CCc2c(sc3ncn4nc(C(=O)NCCN5CCOCC5)nc4c23)C1. The highest BCUT2D eigenvalue weighted by Gasteiger charge is 2.32. The van der Waals surface area contributed by atoms with Crippen molar-refractivity contribution in [3.8, 4) is 0 Å². The molecule has 1 aliphatic carbocycles. The van der Waals surface area contributed by atoms with E-state index in [2.05, 4.69) is 46.1 Å². The number of hydrogen-bond acceptors (Lipinski definition) is 7. The summed E-state index contributed by atoms with van der Waals surface area (Å²) < 4.78 is 7.02. The Morgan fingerprint density at radius 3 is 2.90 bits per heavy atom. The topological polar surface area (TPSA) is 84.7 Å². The van der Waals surface area contributed by atoms with Gasteiger partial charge in [0, 0.05) is 31.1 Å². The molecule has 1 atom stereocenters. The van der Waals surface area contributed by atoms with Crippen LogP contribution in [0.3, 0.4) is 0 Å². The van der Waals surface area contributed by atoms with Crippen LogP contribution in [0.2, 0.25) is 0 Å². The molecule has 3 aromatic rings. The first-order valence-corrected chi connectivity index (χ1v) is 12.0. The van der Waals surface area contributed by atoms with Crippen LogP contribution in [0.15, 0.2) is 6.33 Å². The van der Waals surface area contributed by atoms with Crippen molar-refractivity contribution >= 4 is 33.1 Å². The summed E-state index contributed by atoms with van der Waals surface area (Å²) in [5.74, 6) is 0.649. The number of hydrogen-bond donors (Lipinski definition) is 1. The van der Waals surface area contributed by atoms with E-state index in [1.165, 1.54) is 16.9 Å². The standard InChI is InChI=1S/C22H30N6O2S/c1-22(2,3)14-4-5-15-16(12-14)31-21-17(15)19-25-18(26-28(19)13-24-21)20(29)23-6-7-27-8-10-30-11-9-27/h13-14H,4-12H2,1-3H3,(H,23,29)/t14-/m1/s1. The fourth-order valence-corrected chi connectivity index (χ4v) is 5.90. The predicted molar refractivity (Wildman–Crippen MR) is 121 cm³/mol. The zero-order chi connectivity index (χ0) is 21.6. The van der Waals surface area contributed by atoms with Crippen LogP contribution < -0.4 is 5.32 Å². The molecule has 4 heterocycles. The molecule has 1 fully saturated rings. The Morgan fingerprint density at radius 2 is 2.13 bits per heavy atom. The molecule has 5 rings (SSSR count). The van der Waals surface area contributed by atoms with Gasteiger partial charge in [-0.05, 0) is 36.2 Å². The summed E-state index contributed by atoms with van der Waals surface area (Å²) in [6, 6.07) is 0. The van der Waals surface area contributed by atoms with Crippen LogP contribution in [0.4, 0.5) is 0 Å². The Kier molecular flexibility index (Phi) is 5.44. The van der Waals surface area contributed by atoms with Gasteiger partial charge in [-0.25, -0.2) is 14.5 Å². The van der Waals surface area contributed by atoms with Crippen molar-refractivity contribution in [3.63, 3.8) is 0 Å². The molecule has 0 saturated carbocycles. The highest BCUT2D eigenvalue weighted by molar-refractivity contribution is 7.19. The maximum Gasteiger partial charge on any atom is 0.291 e. The number of thiophene rings is 1. The number of nitrogens with one attached hydrogen (secondary N) is 1. The molecule has 9 heteroatoms. The Labute approximate surface area is 186 Å². The maximum atomic E-state index is 12.7. The minimum absolute atomic E-state index is 0.208. The van der Waals surface area contributed by atoms with Crippen molar-refractivity contribution in [1.82, 2.24) is 29.8 Å². The molecule has 0 radical (unpaired) electrons. The van der Waals surface area contributed by atoms with Crippen molar-refractivity contribution in [2.45, 2.75) is 40.0 Å². The molecule has 31 heavy (non-hydrogen) atoms. The lowest BCUT2D eigenvalue weighted by molar-refractivity contribution is 0.0383. The zero-order valence-electron chi connectivity index (χ0n) is 18.5. The molecule has 1 saturated heterocycles. The normalized spacial score (nSPS) is 20.3. The molecule has 3 aromatic heterocycles. The predicted octanol–water partition coefficient (Wildman–Crippen LogP) is 2.55. The van der Waals surface area contributed by atoms with Gasteiger partial charge in [0.2, 0.25) is 5.82 Å². The summed E-state index contributed by atoms with van der Waals surface area (Å²) in [5, 5.41) is 8.45. The van der Waals surface area contributed by atoms with Gasteiger partial charge in [-0.1, -0.05) is 20.8 Å². The number of fused-ring (bicyclic) bond motifs is 5. The molecule has 1 aliphatic heterocycles. The van der Waals surface area contributed by atoms with Crippen LogP contribution >= 0.6 is 11.3 Å². The lowest BCUT2D eigenvalue weighted by atomic mass is 9.72. The first-order chi connectivity index (χ1) is 14.9. The average molecular weight is 443 g/mol. The average Bonchev–Trinajstić information content (AvgIpc) is 3.34. The Balaban J connectivity index is 1.36. The highest BCUT2D eigenvalue weighted by Crippen LogP contribution is 2.43. The van der Waals surface area contributed by atoms with Crippen molar-refractivity contribution < 1.29 is 9.53 Å². The quantitative estimate of drug-likeness (QED) is 0.669. The molecular formula is C22H30N6O2S. The summed E-state index contributed by atoms with van der Waals surface area (Å²) in [7, 11) is 0. The van der Waals surface area contributed by atoms with Gasteiger partial charge in [-0.15, -0.1) is 16.4 Å². The molecule has 0 unspecified atom stereocenters. The third-order valence-corrected chi connectivity index (χ3v) is 7.79. The van der Waals surface area contributed by atoms with Crippen LogP contribution in [0.25, 0.3) is 15.9 Å². The zero-order valence-corrected chi connectivity index (χ0v) is 19.3. The van der Waals surface area contributed by atoms with Gasteiger partial charge in [-0.2, -0.15) is 0 Å². The second-order valence-corrected chi connectivity index (χ2v) is 10.7. The number of morpholine rings is 1. The lowest BCUT2D eigenvalue weighted by Crippen LogP contribution is -2.41. The van der Waals surface area contributed by atoms with Gasteiger partial charge in [-0.3, -0.25) is 9.69 Å². The fourth-order valence-electron chi connectivity index (χ4n) is 4.64. The number of aromatic nitrogens is 4. The van der Waals surface area contributed by atoms with E-state index < -0.39 is 0 Å². The summed E-state index contributed by atoms with van der Waals surface area (Å²) in [4.78, 5) is 26.6. The molecule has 0 bridgehead atoms. The van der Waals surface area contributed by atoms with Crippen LogP contribution in [0.5, 0.6) is 0 Å². The molecule has 0 aromatic carbocycles. The molecule has 1 N–H and O–H groups in total. The molecule has 8 nitrogen and oxygen atoms in total. The minimum Gasteiger partial charge on any atom is -0.379 e.